The Hall–Kier alpha value is -1.26. The largest absolute Gasteiger partial charge is 0.444 e. The van der Waals surface area contributed by atoms with E-state index >= 15 is 0 Å². The molecule has 0 rings (SSSR count). The Balaban J connectivity index is 0. The van der Waals surface area contributed by atoms with E-state index in [1.165, 1.54) is 0 Å². The molecule has 9 heteroatoms. The molecule has 0 aliphatic rings. The van der Waals surface area contributed by atoms with Crippen LogP contribution < -0.4 is 21.3 Å². The molecular weight excluding hydrogens is 461 g/mol. The smallest absolute Gasteiger partial charge is 0.407 e. The van der Waals surface area contributed by atoms with Crippen LogP contribution in [0.1, 0.15) is 61.3 Å². The Morgan fingerprint density at radius 3 is 2.11 bits per heavy atom. The summed E-state index contributed by atoms with van der Waals surface area (Å²) in [6.07, 6.45) is 1.28. The third-order valence-corrected chi connectivity index (χ3v) is 3.03. The minimum Gasteiger partial charge on any atom is -0.444 e. The van der Waals surface area contributed by atoms with Crippen molar-refractivity contribution in [2.45, 2.75) is 78.5 Å². The Bertz CT molecular complexity index is 484. The normalized spacial score (nSPS) is 13.1. The number of amides is 2. The second-order valence-electron chi connectivity index (χ2n) is 8.24. The summed E-state index contributed by atoms with van der Waals surface area (Å²) in [4.78, 5) is 27.9. The van der Waals surface area contributed by atoms with Gasteiger partial charge in [-0.15, -0.1) is 24.0 Å². The fourth-order valence-corrected chi connectivity index (χ4v) is 2.11. The number of alkyl carbamates (subject to hydrolysis) is 1. The molecule has 160 valence electrons. The highest BCUT2D eigenvalue weighted by Gasteiger charge is 2.19. The standard InChI is InChI=1S/C18H37N5O3.HI/c1-9-10-13(22-16(25)26-18(5,6)7)11-20-15(19-8)21-12-14(24)23-17(2,3)4;/h13H,9-12H2,1-8H3,(H,22,25)(H,23,24)(H2,19,20,21);1H. The van der Waals surface area contributed by atoms with E-state index in [9.17, 15) is 9.59 Å². The van der Waals surface area contributed by atoms with E-state index in [2.05, 4.69) is 26.3 Å². The number of nitrogens with zero attached hydrogens (tertiary/aromatic N) is 1. The highest BCUT2D eigenvalue weighted by atomic mass is 127. The molecule has 0 heterocycles. The second kappa shape index (κ2) is 13.0. The van der Waals surface area contributed by atoms with Crippen LogP contribution in [0, 0.1) is 0 Å². The second-order valence-corrected chi connectivity index (χ2v) is 8.24. The number of hydrogen-bond donors (Lipinski definition) is 4. The SMILES string of the molecule is CCCC(CNC(=NC)NCC(=O)NC(C)(C)C)NC(=O)OC(C)(C)C.I. The van der Waals surface area contributed by atoms with Crippen LogP contribution >= 0.6 is 24.0 Å². The van der Waals surface area contributed by atoms with Crippen molar-refractivity contribution in [2.24, 2.45) is 4.99 Å². The Labute approximate surface area is 181 Å². The van der Waals surface area contributed by atoms with Crippen molar-refractivity contribution in [1.82, 2.24) is 21.3 Å². The summed E-state index contributed by atoms with van der Waals surface area (Å²) in [5.41, 5.74) is -0.814. The average molecular weight is 499 g/mol. The van der Waals surface area contributed by atoms with Crippen LogP contribution in [0.4, 0.5) is 4.79 Å². The van der Waals surface area contributed by atoms with Gasteiger partial charge in [-0.05, 0) is 48.0 Å². The van der Waals surface area contributed by atoms with E-state index in [0.29, 0.717) is 12.5 Å². The first kappa shape index (κ1) is 28.0. The minimum atomic E-state index is -0.535. The van der Waals surface area contributed by atoms with E-state index < -0.39 is 11.7 Å². The molecule has 0 aliphatic heterocycles. The van der Waals surface area contributed by atoms with Crippen molar-refractivity contribution in [1.29, 1.82) is 0 Å². The highest BCUT2D eigenvalue weighted by molar-refractivity contribution is 14.0. The quantitative estimate of drug-likeness (QED) is 0.245. The molecule has 2 amide bonds. The molecule has 0 radical (unpaired) electrons. The molecule has 0 aromatic carbocycles. The van der Waals surface area contributed by atoms with Crippen LogP contribution in [-0.2, 0) is 9.53 Å². The molecule has 8 nitrogen and oxygen atoms in total. The molecule has 1 unspecified atom stereocenters. The molecule has 4 N–H and O–H groups in total. The fraction of sp³-hybridized carbons (Fsp3) is 0.833. The van der Waals surface area contributed by atoms with Gasteiger partial charge in [0, 0.05) is 25.2 Å². The van der Waals surface area contributed by atoms with E-state index in [-0.39, 0.29) is 48.0 Å². The zero-order chi connectivity index (χ0) is 20.4. The number of aliphatic imine (C=N–C) groups is 1. The van der Waals surface area contributed by atoms with Gasteiger partial charge in [-0.25, -0.2) is 4.79 Å². The first-order valence-electron chi connectivity index (χ1n) is 9.11. The number of rotatable bonds is 7. The van der Waals surface area contributed by atoms with Gasteiger partial charge < -0.3 is 26.0 Å². The van der Waals surface area contributed by atoms with Gasteiger partial charge in [0.2, 0.25) is 5.91 Å². The molecule has 0 aliphatic carbocycles. The third-order valence-electron chi connectivity index (χ3n) is 3.03. The third kappa shape index (κ3) is 16.6. The van der Waals surface area contributed by atoms with E-state index in [4.69, 9.17) is 4.74 Å². The fourth-order valence-electron chi connectivity index (χ4n) is 2.11. The summed E-state index contributed by atoms with van der Waals surface area (Å²) >= 11 is 0. The maximum Gasteiger partial charge on any atom is 0.407 e. The number of guanidine groups is 1. The van der Waals surface area contributed by atoms with Gasteiger partial charge in [0.05, 0.1) is 6.54 Å². The lowest BCUT2D eigenvalue weighted by Gasteiger charge is -2.24. The molecule has 0 bridgehead atoms. The van der Waals surface area contributed by atoms with Crippen LogP contribution in [-0.4, -0.2) is 55.3 Å². The van der Waals surface area contributed by atoms with Crippen LogP contribution in [0.3, 0.4) is 0 Å². The molecule has 27 heavy (non-hydrogen) atoms. The van der Waals surface area contributed by atoms with Crippen LogP contribution in [0.15, 0.2) is 4.99 Å². The van der Waals surface area contributed by atoms with Gasteiger partial charge in [0.15, 0.2) is 5.96 Å². The number of carbonyl (C=O) groups excluding carboxylic acids is 2. The number of halogens is 1. The predicted molar refractivity (Wildman–Crippen MR) is 121 cm³/mol. The molecular formula is C18H38IN5O3. The van der Waals surface area contributed by atoms with Crippen molar-refractivity contribution >= 4 is 41.9 Å². The summed E-state index contributed by atoms with van der Waals surface area (Å²) in [7, 11) is 1.63. The number of carbonyl (C=O) groups is 2. The average Bonchev–Trinajstić information content (AvgIpc) is 2.43. The Morgan fingerprint density at radius 1 is 1.07 bits per heavy atom. The zero-order valence-corrected chi connectivity index (χ0v) is 20.3. The van der Waals surface area contributed by atoms with Crippen LogP contribution in [0.25, 0.3) is 0 Å². The summed E-state index contributed by atoms with van der Waals surface area (Å²) < 4.78 is 5.30. The van der Waals surface area contributed by atoms with Gasteiger partial charge in [-0.1, -0.05) is 13.3 Å². The van der Waals surface area contributed by atoms with Crippen molar-refractivity contribution < 1.29 is 14.3 Å². The first-order chi connectivity index (χ1) is 11.9. The van der Waals surface area contributed by atoms with Gasteiger partial charge in [-0.2, -0.15) is 0 Å². The van der Waals surface area contributed by atoms with Crippen molar-refractivity contribution in [3.8, 4) is 0 Å². The zero-order valence-electron chi connectivity index (χ0n) is 18.0. The lowest BCUT2D eigenvalue weighted by molar-refractivity contribution is -0.121. The van der Waals surface area contributed by atoms with Gasteiger partial charge in [-0.3, -0.25) is 9.79 Å². The first-order valence-corrected chi connectivity index (χ1v) is 9.11. The summed E-state index contributed by atoms with van der Waals surface area (Å²) in [5, 5.41) is 11.8. The topological polar surface area (TPSA) is 104 Å². The molecule has 0 fully saturated rings. The lowest BCUT2D eigenvalue weighted by atomic mass is 10.1. The predicted octanol–water partition coefficient (Wildman–Crippen LogP) is 2.38. The number of hydrogen-bond acceptors (Lipinski definition) is 4. The monoisotopic (exact) mass is 499 g/mol. The number of ether oxygens (including phenoxy) is 1. The highest BCUT2D eigenvalue weighted by Crippen LogP contribution is 2.07. The van der Waals surface area contributed by atoms with Gasteiger partial charge >= 0.3 is 6.09 Å². The van der Waals surface area contributed by atoms with Crippen molar-refractivity contribution in [3.05, 3.63) is 0 Å². The number of nitrogens with one attached hydrogen (secondary N) is 4. The molecule has 0 aromatic heterocycles. The summed E-state index contributed by atoms with van der Waals surface area (Å²) in [6.45, 7) is 13.9. The van der Waals surface area contributed by atoms with Gasteiger partial charge in [0.1, 0.15) is 5.60 Å². The summed E-state index contributed by atoms with van der Waals surface area (Å²) in [5.74, 6) is 0.388. The van der Waals surface area contributed by atoms with Crippen LogP contribution in [0.5, 0.6) is 0 Å². The molecule has 0 spiro atoms. The summed E-state index contributed by atoms with van der Waals surface area (Å²) in [6, 6.07) is -0.100. The molecule has 0 aromatic rings. The van der Waals surface area contributed by atoms with Crippen molar-refractivity contribution in [3.63, 3.8) is 0 Å². The molecule has 0 saturated carbocycles. The van der Waals surface area contributed by atoms with E-state index in [1.54, 1.807) is 7.05 Å². The Kier molecular flexibility index (Phi) is 13.5. The maximum atomic E-state index is 11.9. The van der Waals surface area contributed by atoms with Crippen molar-refractivity contribution in [2.75, 3.05) is 20.1 Å². The maximum absolute atomic E-state index is 11.9. The van der Waals surface area contributed by atoms with E-state index in [0.717, 1.165) is 12.8 Å². The molecule has 1 atom stereocenters. The van der Waals surface area contributed by atoms with Crippen LogP contribution in [0.2, 0.25) is 0 Å². The molecule has 0 saturated heterocycles. The van der Waals surface area contributed by atoms with E-state index in [1.807, 2.05) is 48.5 Å². The lowest BCUT2D eigenvalue weighted by Crippen LogP contribution is -2.51. The minimum absolute atomic E-state index is 0. The Morgan fingerprint density at radius 2 is 1.67 bits per heavy atom. The van der Waals surface area contributed by atoms with Gasteiger partial charge in [0.25, 0.3) is 0 Å².